The molecule has 2 aliphatic rings. The Morgan fingerprint density at radius 1 is 1.19 bits per heavy atom. The van der Waals surface area contributed by atoms with Gasteiger partial charge in [0.15, 0.2) is 0 Å². The highest BCUT2D eigenvalue weighted by molar-refractivity contribution is 5.81. The van der Waals surface area contributed by atoms with Crippen molar-refractivity contribution in [3.63, 3.8) is 0 Å². The lowest BCUT2D eigenvalue weighted by atomic mass is 9.78. The standard InChI is InChI=1S/C14H24O2/c1-2-11-5-7-12(8-6-11)14(15)10-13-4-3-9-16-13/h11-13H,2-10H2,1H3. The number of Topliss-reactive ketones (excluding diaryl/α,β-unsaturated/α-hetero) is 1. The van der Waals surface area contributed by atoms with Gasteiger partial charge >= 0.3 is 0 Å². The van der Waals surface area contributed by atoms with Gasteiger partial charge in [0, 0.05) is 18.9 Å². The van der Waals surface area contributed by atoms with E-state index in [1.54, 1.807) is 0 Å². The molecule has 0 radical (unpaired) electrons. The molecule has 0 amide bonds. The Kier molecular flexibility index (Phi) is 4.39. The molecule has 1 aliphatic heterocycles. The maximum Gasteiger partial charge on any atom is 0.138 e. The van der Waals surface area contributed by atoms with Crippen molar-refractivity contribution in [2.75, 3.05) is 6.61 Å². The van der Waals surface area contributed by atoms with Crippen LogP contribution in [0.5, 0.6) is 0 Å². The topological polar surface area (TPSA) is 26.3 Å². The van der Waals surface area contributed by atoms with Crippen molar-refractivity contribution in [2.24, 2.45) is 11.8 Å². The van der Waals surface area contributed by atoms with E-state index in [0.29, 0.717) is 18.1 Å². The van der Waals surface area contributed by atoms with Gasteiger partial charge < -0.3 is 4.74 Å². The van der Waals surface area contributed by atoms with Gasteiger partial charge in [0.2, 0.25) is 0 Å². The van der Waals surface area contributed by atoms with Crippen molar-refractivity contribution in [3.8, 4) is 0 Å². The van der Waals surface area contributed by atoms with Gasteiger partial charge in [-0.15, -0.1) is 0 Å². The van der Waals surface area contributed by atoms with E-state index >= 15 is 0 Å². The van der Waals surface area contributed by atoms with Crippen LogP contribution >= 0.6 is 0 Å². The molecule has 1 saturated carbocycles. The minimum Gasteiger partial charge on any atom is -0.378 e. The van der Waals surface area contributed by atoms with Crippen LogP contribution in [0.1, 0.15) is 58.3 Å². The largest absolute Gasteiger partial charge is 0.378 e. The maximum atomic E-state index is 12.1. The number of ketones is 1. The van der Waals surface area contributed by atoms with Gasteiger partial charge in [0.25, 0.3) is 0 Å². The van der Waals surface area contributed by atoms with E-state index in [1.165, 1.54) is 19.3 Å². The molecule has 1 aliphatic carbocycles. The van der Waals surface area contributed by atoms with E-state index in [9.17, 15) is 4.79 Å². The van der Waals surface area contributed by atoms with E-state index in [2.05, 4.69) is 6.92 Å². The van der Waals surface area contributed by atoms with Crippen molar-refractivity contribution in [3.05, 3.63) is 0 Å². The third-order valence-corrected chi connectivity index (χ3v) is 4.33. The van der Waals surface area contributed by atoms with Gasteiger partial charge in [-0.2, -0.15) is 0 Å². The molecule has 1 saturated heterocycles. The molecule has 2 heteroatoms. The van der Waals surface area contributed by atoms with Gasteiger partial charge in [0.05, 0.1) is 6.10 Å². The molecule has 0 aromatic carbocycles. The number of rotatable bonds is 4. The summed E-state index contributed by atoms with van der Waals surface area (Å²) in [6.07, 6.45) is 9.23. The first-order valence-corrected chi connectivity index (χ1v) is 6.94. The van der Waals surface area contributed by atoms with E-state index in [0.717, 1.165) is 38.2 Å². The zero-order valence-electron chi connectivity index (χ0n) is 10.4. The first-order chi connectivity index (χ1) is 7.79. The second-order valence-electron chi connectivity index (χ2n) is 5.43. The summed E-state index contributed by atoms with van der Waals surface area (Å²) >= 11 is 0. The summed E-state index contributed by atoms with van der Waals surface area (Å²) in [5.41, 5.74) is 0. The normalized spacial score (nSPS) is 35.2. The fraction of sp³-hybridized carbons (Fsp3) is 0.929. The Bertz CT molecular complexity index is 223. The SMILES string of the molecule is CCC1CCC(C(=O)CC2CCCO2)CC1. The van der Waals surface area contributed by atoms with Gasteiger partial charge in [-0.1, -0.05) is 13.3 Å². The highest BCUT2D eigenvalue weighted by Gasteiger charge is 2.28. The molecule has 2 fully saturated rings. The fourth-order valence-electron chi connectivity index (χ4n) is 3.09. The fourth-order valence-corrected chi connectivity index (χ4v) is 3.09. The van der Waals surface area contributed by atoms with Crippen LogP contribution in [0.3, 0.4) is 0 Å². The summed E-state index contributed by atoms with van der Waals surface area (Å²) < 4.78 is 5.54. The van der Waals surface area contributed by atoms with Gasteiger partial charge in [0.1, 0.15) is 5.78 Å². The molecule has 0 spiro atoms. The molecule has 2 rings (SSSR count). The smallest absolute Gasteiger partial charge is 0.138 e. The van der Waals surface area contributed by atoms with Crippen molar-refractivity contribution in [1.82, 2.24) is 0 Å². The summed E-state index contributed by atoms with van der Waals surface area (Å²) in [6, 6.07) is 0. The monoisotopic (exact) mass is 224 g/mol. The van der Waals surface area contributed by atoms with Crippen LogP contribution < -0.4 is 0 Å². The molecule has 0 aromatic heterocycles. The summed E-state index contributed by atoms with van der Waals surface area (Å²) in [4.78, 5) is 12.1. The van der Waals surface area contributed by atoms with E-state index in [4.69, 9.17) is 4.74 Å². The molecule has 0 N–H and O–H groups in total. The Labute approximate surface area is 98.7 Å². The zero-order valence-corrected chi connectivity index (χ0v) is 10.4. The Morgan fingerprint density at radius 3 is 2.50 bits per heavy atom. The quantitative estimate of drug-likeness (QED) is 0.732. The van der Waals surface area contributed by atoms with Crippen LogP contribution in [0.2, 0.25) is 0 Å². The van der Waals surface area contributed by atoms with Crippen LogP contribution in [-0.4, -0.2) is 18.5 Å². The predicted molar refractivity (Wildman–Crippen MR) is 64.3 cm³/mol. The number of ether oxygens (including phenoxy) is 1. The van der Waals surface area contributed by atoms with Gasteiger partial charge in [-0.25, -0.2) is 0 Å². The second-order valence-corrected chi connectivity index (χ2v) is 5.43. The number of hydrogen-bond donors (Lipinski definition) is 0. The van der Waals surface area contributed by atoms with E-state index < -0.39 is 0 Å². The molecule has 0 aromatic rings. The molecular formula is C14H24O2. The average Bonchev–Trinajstić information content (AvgIpc) is 2.82. The summed E-state index contributed by atoms with van der Waals surface area (Å²) in [5, 5.41) is 0. The van der Waals surface area contributed by atoms with Crippen molar-refractivity contribution < 1.29 is 9.53 Å². The predicted octanol–water partition coefficient (Wildman–Crippen LogP) is 3.34. The molecule has 16 heavy (non-hydrogen) atoms. The van der Waals surface area contributed by atoms with Crippen molar-refractivity contribution in [1.29, 1.82) is 0 Å². The summed E-state index contributed by atoms with van der Waals surface area (Å²) in [5.74, 6) is 1.71. The number of hydrogen-bond acceptors (Lipinski definition) is 2. The molecule has 1 atom stereocenters. The lowest BCUT2D eigenvalue weighted by Crippen LogP contribution is -2.24. The lowest BCUT2D eigenvalue weighted by Gasteiger charge is -2.27. The Morgan fingerprint density at radius 2 is 1.94 bits per heavy atom. The number of carbonyl (C=O) groups is 1. The van der Waals surface area contributed by atoms with Crippen LogP contribution in [0.25, 0.3) is 0 Å². The summed E-state index contributed by atoms with van der Waals surface area (Å²) in [7, 11) is 0. The average molecular weight is 224 g/mol. The van der Waals surface area contributed by atoms with Gasteiger partial charge in [-0.3, -0.25) is 4.79 Å². The van der Waals surface area contributed by atoms with Crippen molar-refractivity contribution >= 4 is 5.78 Å². The van der Waals surface area contributed by atoms with E-state index in [1.807, 2.05) is 0 Å². The maximum absolute atomic E-state index is 12.1. The highest BCUT2D eigenvalue weighted by Crippen LogP contribution is 2.32. The van der Waals surface area contributed by atoms with Crippen molar-refractivity contribution in [2.45, 2.75) is 64.4 Å². The van der Waals surface area contributed by atoms with Crippen LogP contribution in [0, 0.1) is 11.8 Å². The van der Waals surface area contributed by atoms with Crippen LogP contribution in [0.4, 0.5) is 0 Å². The minimum atomic E-state index is 0.247. The van der Waals surface area contributed by atoms with Gasteiger partial charge in [-0.05, 0) is 44.4 Å². The van der Waals surface area contributed by atoms with Crippen LogP contribution in [0.15, 0.2) is 0 Å². The second kappa shape index (κ2) is 5.81. The lowest BCUT2D eigenvalue weighted by molar-refractivity contribution is -0.126. The molecular weight excluding hydrogens is 200 g/mol. The molecule has 1 unspecified atom stereocenters. The first kappa shape index (κ1) is 12.1. The number of carbonyl (C=O) groups excluding carboxylic acids is 1. The molecule has 2 nitrogen and oxygen atoms in total. The first-order valence-electron chi connectivity index (χ1n) is 6.94. The highest BCUT2D eigenvalue weighted by atomic mass is 16.5. The van der Waals surface area contributed by atoms with Crippen LogP contribution in [-0.2, 0) is 9.53 Å². The molecule has 0 bridgehead atoms. The summed E-state index contributed by atoms with van der Waals surface area (Å²) in [6.45, 7) is 3.12. The third kappa shape index (κ3) is 3.07. The Balaban J connectivity index is 1.73. The third-order valence-electron chi connectivity index (χ3n) is 4.33. The molecule has 92 valence electrons. The Hall–Kier alpha value is -0.370. The molecule has 1 heterocycles. The minimum absolute atomic E-state index is 0.247. The van der Waals surface area contributed by atoms with E-state index in [-0.39, 0.29) is 6.10 Å². The zero-order chi connectivity index (χ0) is 11.4.